The van der Waals surface area contributed by atoms with E-state index < -0.39 is 47.9 Å². The zero-order valence-electron chi connectivity index (χ0n) is 23.1. The molecule has 1 aromatic heterocycles. The van der Waals surface area contributed by atoms with Gasteiger partial charge in [-0.3, -0.25) is 14.4 Å². The molecule has 3 amide bonds. The average molecular weight is 599 g/mol. The Morgan fingerprint density at radius 2 is 1.50 bits per heavy atom. The monoisotopic (exact) mass is 598 g/mol. The first-order chi connectivity index (χ1) is 20.1. The number of fused-ring (bicyclic) bond motifs is 1. The van der Waals surface area contributed by atoms with Crippen LogP contribution in [0.4, 0.5) is 0 Å². The van der Waals surface area contributed by atoms with E-state index in [2.05, 4.69) is 33.6 Å². The van der Waals surface area contributed by atoms with Crippen LogP contribution in [0.5, 0.6) is 5.75 Å². The van der Waals surface area contributed by atoms with Crippen molar-refractivity contribution in [2.45, 2.75) is 56.3 Å². The Kier molecular flexibility index (Phi) is 12.2. The lowest BCUT2D eigenvalue weighted by Crippen LogP contribution is -2.58. The molecule has 1 heterocycles. The van der Waals surface area contributed by atoms with Crippen LogP contribution in [0.15, 0.2) is 54.7 Å². The van der Waals surface area contributed by atoms with Crippen LogP contribution in [-0.2, 0) is 32.0 Å². The molecule has 2 aromatic carbocycles. The summed E-state index contributed by atoms with van der Waals surface area (Å²) in [5.41, 5.74) is 13.6. The maximum atomic E-state index is 13.5. The van der Waals surface area contributed by atoms with Gasteiger partial charge in [-0.1, -0.05) is 36.8 Å². The Morgan fingerprint density at radius 1 is 0.857 bits per heavy atom. The molecule has 13 heteroatoms. The summed E-state index contributed by atoms with van der Waals surface area (Å²) in [7, 11) is 0. The van der Waals surface area contributed by atoms with Crippen molar-refractivity contribution in [1.82, 2.24) is 20.9 Å². The van der Waals surface area contributed by atoms with Gasteiger partial charge in [0.15, 0.2) is 0 Å². The Labute approximate surface area is 249 Å². The second-order valence-corrected chi connectivity index (χ2v) is 10.4. The molecule has 12 nitrogen and oxygen atoms in total. The van der Waals surface area contributed by atoms with E-state index in [-0.39, 0.29) is 24.3 Å². The summed E-state index contributed by atoms with van der Waals surface area (Å²) in [6.45, 7) is 0.480. The van der Waals surface area contributed by atoms with Crippen molar-refractivity contribution >= 4 is 47.2 Å². The van der Waals surface area contributed by atoms with Crippen LogP contribution in [0.2, 0.25) is 0 Å². The third-order valence-electron chi connectivity index (χ3n) is 6.84. The van der Waals surface area contributed by atoms with Crippen LogP contribution in [0, 0.1) is 0 Å². The number of thiol groups is 1. The van der Waals surface area contributed by atoms with Crippen molar-refractivity contribution in [3.05, 3.63) is 65.9 Å². The molecule has 0 spiro atoms. The van der Waals surface area contributed by atoms with Gasteiger partial charge in [0.1, 0.15) is 23.9 Å². The maximum Gasteiger partial charge on any atom is 0.326 e. The predicted molar refractivity (Wildman–Crippen MR) is 162 cm³/mol. The zero-order valence-corrected chi connectivity index (χ0v) is 24.0. The van der Waals surface area contributed by atoms with E-state index in [1.165, 1.54) is 12.1 Å². The molecule has 3 rings (SSSR count). The highest BCUT2D eigenvalue weighted by Gasteiger charge is 2.30. The first-order valence-corrected chi connectivity index (χ1v) is 14.3. The molecule has 42 heavy (non-hydrogen) atoms. The predicted octanol–water partition coefficient (Wildman–Crippen LogP) is 0.584. The maximum absolute atomic E-state index is 13.5. The Balaban J connectivity index is 1.79. The minimum atomic E-state index is -1.31. The normalized spacial score (nSPS) is 14.0. The molecule has 10 N–H and O–H groups in total. The van der Waals surface area contributed by atoms with Gasteiger partial charge in [0, 0.05) is 35.7 Å². The highest BCUT2D eigenvalue weighted by atomic mass is 32.1. The number of aromatic hydroxyl groups is 1. The van der Waals surface area contributed by atoms with Crippen molar-refractivity contribution in [2.24, 2.45) is 11.5 Å². The van der Waals surface area contributed by atoms with Gasteiger partial charge in [0.25, 0.3) is 0 Å². The van der Waals surface area contributed by atoms with Gasteiger partial charge in [-0.25, -0.2) is 4.79 Å². The second kappa shape index (κ2) is 15.8. The van der Waals surface area contributed by atoms with Crippen LogP contribution in [0.1, 0.15) is 30.4 Å². The van der Waals surface area contributed by atoms with Crippen LogP contribution in [-0.4, -0.2) is 75.4 Å². The molecular weight excluding hydrogens is 560 g/mol. The van der Waals surface area contributed by atoms with E-state index >= 15 is 0 Å². The average Bonchev–Trinajstić information content (AvgIpc) is 3.38. The molecule has 0 saturated heterocycles. The molecule has 0 aliphatic heterocycles. The quantitative estimate of drug-likeness (QED) is 0.0838. The molecule has 4 unspecified atom stereocenters. The number of carboxylic acids is 1. The van der Waals surface area contributed by atoms with Crippen molar-refractivity contribution < 1.29 is 29.4 Å². The molecular formula is C29H38N6O6S. The number of benzene rings is 2. The van der Waals surface area contributed by atoms with Gasteiger partial charge < -0.3 is 42.6 Å². The SMILES string of the molecule is NCCCCC(N)C(=O)NC(CS)C(=O)NC(Cc1c[nH]c2ccccc12)C(=O)NC(Cc1ccc(O)cc1)C(=O)O. The van der Waals surface area contributed by atoms with Gasteiger partial charge >= 0.3 is 5.97 Å². The first kappa shape index (κ1) is 32.4. The largest absolute Gasteiger partial charge is 0.508 e. The fourth-order valence-corrected chi connectivity index (χ4v) is 4.71. The summed E-state index contributed by atoms with van der Waals surface area (Å²) < 4.78 is 0. The molecule has 0 bridgehead atoms. The number of hydrogen-bond donors (Lipinski definition) is 9. The summed E-state index contributed by atoms with van der Waals surface area (Å²) in [5.74, 6) is -3.22. The number of aromatic amines is 1. The standard InChI is InChI=1S/C29H38N6O6S/c30-12-4-3-6-21(31)26(37)35-25(16-42)28(39)33-23(14-18-15-32-22-7-2-1-5-20(18)22)27(38)34-24(29(40)41)13-17-8-10-19(36)11-9-17/h1-2,5,7-11,15,21,23-25,32,36,42H,3-4,6,12-14,16,30-31H2,(H,33,39)(H,34,38)(H,35,37)(H,40,41). The summed E-state index contributed by atoms with van der Waals surface area (Å²) in [6, 6.07) is 8.97. The lowest BCUT2D eigenvalue weighted by molar-refractivity contribution is -0.142. The Hall–Kier alpha value is -4.07. The Morgan fingerprint density at radius 3 is 2.17 bits per heavy atom. The number of phenols is 1. The fourth-order valence-electron chi connectivity index (χ4n) is 4.45. The number of carboxylic acid groups (broad SMARTS) is 1. The molecule has 226 valence electrons. The van der Waals surface area contributed by atoms with Crippen molar-refractivity contribution in [2.75, 3.05) is 12.3 Å². The molecule has 0 aliphatic carbocycles. The summed E-state index contributed by atoms with van der Waals surface area (Å²) in [6.07, 6.45) is 3.48. The number of amides is 3. The Bertz CT molecular complexity index is 1360. The second-order valence-electron chi connectivity index (χ2n) is 10.0. The number of nitrogens with one attached hydrogen (secondary N) is 4. The van der Waals surface area contributed by atoms with Gasteiger partial charge in [0.2, 0.25) is 17.7 Å². The number of carbonyl (C=O) groups excluding carboxylic acids is 3. The van der Waals surface area contributed by atoms with Gasteiger partial charge in [-0.2, -0.15) is 12.6 Å². The molecule has 0 radical (unpaired) electrons. The number of hydrogen-bond acceptors (Lipinski definition) is 8. The lowest BCUT2D eigenvalue weighted by Gasteiger charge is -2.24. The molecule has 0 aliphatic rings. The smallest absolute Gasteiger partial charge is 0.326 e. The topological polar surface area (TPSA) is 213 Å². The number of nitrogens with two attached hydrogens (primary N) is 2. The summed E-state index contributed by atoms with van der Waals surface area (Å²) in [4.78, 5) is 54.6. The molecule has 0 fully saturated rings. The number of aliphatic carboxylic acids is 1. The third kappa shape index (κ3) is 9.23. The van der Waals surface area contributed by atoms with Crippen LogP contribution >= 0.6 is 12.6 Å². The van der Waals surface area contributed by atoms with Crippen molar-refractivity contribution in [3.63, 3.8) is 0 Å². The van der Waals surface area contributed by atoms with Gasteiger partial charge in [-0.15, -0.1) is 0 Å². The van der Waals surface area contributed by atoms with Crippen LogP contribution in [0.3, 0.4) is 0 Å². The van der Waals surface area contributed by atoms with E-state index in [0.29, 0.717) is 31.4 Å². The van der Waals surface area contributed by atoms with Gasteiger partial charge in [-0.05, 0) is 48.7 Å². The molecule has 0 saturated carbocycles. The number of unbranched alkanes of at least 4 members (excludes halogenated alkanes) is 1. The van der Waals surface area contributed by atoms with E-state index in [1.54, 1.807) is 18.3 Å². The van der Waals surface area contributed by atoms with Crippen molar-refractivity contribution in [3.8, 4) is 5.75 Å². The van der Waals surface area contributed by atoms with E-state index in [1.807, 2.05) is 24.3 Å². The van der Waals surface area contributed by atoms with E-state index in [0.717, 1.165) is 16.5 Å². The van der Waals surface area contributed by atoms with Crippen LogP contribution in [0.25, 0.3) is 10.9 Å². The number of rotatable bonds is 16. The zero-order chi connectivity index (χ0) is 30.6. The number of phenolic OH excluding ortho intramolecular Hbond substituents is 1. The number of carbonyl (C=O) groups is 4. The fraction of sp³-hybridized carbons (Fsp3) is 0.379. The number of H-pyrrole nitrogens is 1. The lowest BCUT2D eigenvalue weighted by atomic mass is 10.0. The number of aromatic nitrogens is 1. The summed E-state index contributed by atoms with van der Waals surface area (Å²) >= 11 is 4.21. The van der Waals surface area contributed by atoms with E-state index in [9.17, 15) is 29.4 Å². The number of para-hydroxylation sites is 1. The molecule has 3 aromatic rings. The van der Waals surface area contributed by atoms with Gasteiger partial charge in [0.05, 0.1) is 6.04 Å². The van der Waals surface area contributed by atoms with Crippen molar-refractivity contribution in [1.29, 1.82) is 0 Å². The highest BCUT2D eigenvalue weighted by Crippen LogP contribution is 2.19. The van der Waals surface area contributed by atoms with E-state index in [4.69, 9.17) is 11.5 Å². The minimum Gasteiger partial charge on any atom is -0.508 e. The van der Waals surface area contributed by atoms with Crippen LogP contribution < -0.4 is 27.4 Å². The highest BCUT2D eigenvalue weighted by molar-refractivity contribution is 7.80. The first-order valence-electron chi connectivity index (χ1n) is 13.7. The minimum absolute atomic E-state index is 0.0264. The third-order valence-corrected chi connectivity index (χ3v) is 7.21. The molecule has 4 atom stereocenters. The summed E-state index contributed by atoms with van der Waals surface area (Å²) in [5, 5.41) is 28.0.